The van der Waals surface area contributed by atoms with Crippen LogP contribution in [-0.4, -0.2) is 7.11 Å². The summed E-state index contributed by atoms with van der Waals surface area (Å²) in [5.41, 5.74) is 2.53. The zero-order valence-corrected chi connectivity index (χ0v) is 11.8. The molecule has 0 aliphatic rings. The van der Waals surface area contributed by atoms with Gasteiger partial charge in [-0.25, -0.2) is 0 Å². The largest absolute Gasteiger partial charge is 0.496 e. The molecule has 2 nitrogen and oxygen atoms in total. The van der Waals surface area contributed by atoms with Gasteiger partial charge in [0.15, 0.2) is 0 Å². The van der Waals surface area contributed by atoms with Crippen LogP contribution >= 0.6 is 11.3 Å². The van der Waals surface area contributed by atoms with Gasteiger partial charge in [-0.15, -0.1) is 0 Å². The molecule has 2 rings (SSSR count). The highest BCUT2D eigenvalue weighted by molar-refractivity contribution is 7.07. The quantitative estimate of drug-likeness (QED) is 0.872. The second-order valence-corrected chi connectivity index (χ2v) is 5.19. The van der Waals surface area contributed by atoms with Gasteiger partial charge in [0.2, 0.25) is 0 Å². The first kappa shape index (κ1) is 13.1. The highest BCUT2D eigenvalue weighted by Crippen LogP contribution is 2.27. The molecule has 1 unspecified atom stereocenters. The minimum atomic E-state index is 0.260. The molecule has 1 aromatic carbocycles. The van der Waals surface area contributed by atoms with E-state index in [-0.39, 0.29) is 6.04 Å². The Labute approximate surface area is 113 Å². The second-order valence-electron chi connectivity index (χ2n) is 4.41. The van der Waals surface area contributed by atoms with Crippen LogP contribution in [0.4, 0.5) is 0 Å². The van der Waals surface area contributed by atoms with E-state index in [9.17, 15) is 0 Å². The number of hydrogen-bond acceptors (Lipinski definition) is 3. The van der Waals surface area contributed by atoms with Crippen molar-refractivity contribution in [1.29, 1.82) is 0 Å². The molecule has 0 aliphatic heterocycles. The van der Waals surface area contributed by atoms with Crippen LogP contribution in [0.3, 0.4) is 0 Å². The summed E-state index contributed by atoms with van der Waals surface area (Å²) in [5, 5.41) is 7.90. The molecule has 0 amide bonds. The van der Waals surface area contributed by atoms with E-state index < -0.39 is 0 Å². The fourth-order valence-electron chi connectivity index (χ4n) is 2.11. The second kappa shape index (κ2) is 6.03. The Morgan fingerprint density at radius 2 is 1.89 bits per heavy atom. The molecule has 2 atom stereocenters. The summed E-state index contributed by atoms with van der Waals surface area (Å²) in [6, 6.07) is 10.9. The van der Waals surface area contributed by atoms with Gasteiger partial charge in [0.1, 0.15) is 5.75 Å². The maximum absolute atomic E-state index is 5.40. The van der Waals surface area contributed by atoms with Crippen molar-refractivity contribution in [3.05, 3.63) is 52.2 Å². The monoisotopic (exact) mass is 261 g/mol. The minimum Gasteiger partial charge on any atom is -0.496 e. The Hall–Kier alpha value is -1.32. The van der Waals surface area contributed by atoms with Crippen molar-refractivity contribution in [1.82, 2.24) is 5.32 Å². The van der Waals surface area contributed by atoms with E-state index in [0.717, 1.165) is 5.75 Å². The molecule has 0 bridgehead atoms. The average Bonchev–Trinajstić information content (AvgIpc) is 2.92. The van der Waals surface area contributed by atoms with Crippen LogP contribution in [0.2, 0.25) is 0 Å². The summed E-state index contributed by atoms with van der Waals surface area (Å²) in [6.07, 6.45) is 0. The van der Waals surface area contributed by atoms with Crippen molar-refractivity contribution in [3.8, 4) is 5.75 Å². The Balaban J connectivity index is 2.09. The first-order chi connectivity index (χ1) is 8.72. The number of nitrogens with one attached hydrogen (secondary N) is 1. The van der Waals surface area contributed by atoms with Crippen molar-refractivity contribution < 1.29 is 4.74 Å². The molecule has 1 heterocycles. The van der Waals surface area contributed by atoms with Gasteiger partial charge in [-0.05, 0) is 42.3 Å². The van der Waals surface area contributed by atoms with Crippen molar-refractivity contribution in [2.45, 2.75) is 25.9 Å². The molecule has 0 saturated heterocycles. The fourth-order valence-corrected chi connectivity index (χ4v) is 2.86. The van der Waals surface area contributed by atoms with Gasteiger partial charge < -0.3 is 10.1 Å². The molecule has 0 radical (unpaired) electrons. The lowest BCUT2D eigenvalue weighted by Gasteiger charge is -2.21. The summed E-state index contributed by atoms with van der Waals surface area (Å²) in [7, 11) is 1.72. The molecular formula is C15H19NOS. The molecule has 0 saturated carbocycles. The van der Waals surface area contributed by atoms with Crippen LogP contribution in [0.1, 0.15) is 37.1 Å². The first-order valence-electron chi connectivity index (χ1n) is 6.13. The number of benzene rings is 1. The standard InChI is InChI=1S/C15H19NOS/c1-11(13-8-9-18-10-13)16-12(2)14-6-4-5-7-15(14)17-3/h4-12,16H,1-3H3/t11?,12-/m0/s1. The molecule has 96 valence electrons. The van der Waals surface area contributed by atoms with Crippen molar-refractivity contribution in [2.75, 3.05) is 7.11 Å². The number of hydrogen-bond donors (Lipinski definition) is 1. The number of thiophene rings is 1. The van der Waals surface area contributed by atoms with E-state index in [1.54, 1.807) is 18.4 Å². The molecule has 1 aromatic heterocycles. The lowest BCUT2D eigenvalue weighted by Crippen LogP contribution is -2.22. The Bertz CT molecular complexity index is 481. The highest BCUT2D eigenvalue weighted by atomic mass is 32.1. The van der Waals surface area contributed by atoms with Gasteiger partial charge >= 0.3 is 0 Å². The van der Waals surface area contributed by atoms with Gasteiger partial charge in [0, 0.05) is 17.6 Å². The summed E-state index contributed by atoms with van der Waals surface area (Å²) in [5.74, 6) is 0.940. The zero-order chi connectivity index (χ0) is 13.0. The van der Waals surface area contributed by atoms with Crippen molar-refractivity contribution >= 4 is 11.3 Å². The third-order valence-electron chi connectivity index (χ3n) is 3.15. The molecule has 2 aromatic rings. The Kier molecular flexibility index (Phi) is 4.39. The zero-order valence-electron chi connectivity index (χ0n) is 11.0. The van der Waals surface area contributed by atoms with E-state index in [2.05, 4.69) is 42.1 Å². The molecule has 0 fully saturated rings. The third-order valence-corrected chi connectivity index (χ3v) is 3.85. The van der Waals surface area contributed by atoms with E-state index in [4.69, 9.17) is 4.74 Å². The van der Waals surface area contributed by atoms with Gasteiger partial charge in [-0.2, -0.15) is 11.3 Å². The predicted molar refractivity (Wildman–Crippen MR) is 77.3 cm³/mol. The number of methoxy groups -OCH3 is 1. The van der Waals surface area contributed by atoms with Crippen LogP contribution in [0.5, 0.6) is 5.75 Å². The number of para-hydroxylation sites is 1. The fraction of sp³-hybridized carbons (Fsp3) is 0.333. The Morgan fingerprint density at radius 1 is 1.11 bits per heavy atom. The smallest absolute Gasteiger partial charge is 0.123 e. The minimum absolute atomic E-state index is 0.260. The summed E-state index contributed by atoms with van der Waals surface area (Å²) >= 11 is 1.73. The number of ether oxygens (including phenoxy) is 1. The average molecular weight is 261 g/mol. The maximum Gasteiger partial charge on any atom is 0.123 e. The van der Waals surface area contributed by atoms with Crippen LogP contribution in [0.15, 0.2) is 41.1 Å². The van der Waals surface area contributed by atoms with E-state index in [0.29, 0.717) is 6.04 Å². The van der Waals surface area contributed by atoms with Gasteiger partial charge in [0.25, 0.3) is 0 Å². The molecule has 0 aliphatic carbocycles. The van der Waals surface area contributed by atoms with Gasteiger partial charge in [-0.3, -0.25) is 0 Å². The van der Waals surface area contributed by atoms with E-state index in [1.165, 1.54) is 11.1 Å². The predicted octanol–water partition coefficient (Wildman–Crippen LogP) is 4.17. The van der Waals surface area contributed by atoms with E-state index >= 15 is 0 Å². The van der Waals surface area contributed by atoms with E-state index in [1.807, 2.05) is 18.2 Å². The topological polar surface area (TPSA) is 21.3 Å². The molecule has 0 spiro atoms. The lowest BCUT2D eigenvalue weighted by atomic mass is 10.0. The van der Waals surface area contributed by atoms with Gasteiger partial charge in [0.05, 0.1) is 7.11 Å². The normalized spacial score (nSPS) is 14.2. The summed E-state index contributed by atoms with van der Waals surface area (Å²) in [6.45, 7) is 4.36. The number of rotatable bonds is 5. The van der Waals surface area contributed by atoms with Gasteiger partial charge in [-0.1, -0.05) is 18.2 Å². The molecular weight excluding hydrogens is 242 g/mol. The summed E-state index contributed by atoms with van der Waals surface area (Å²) < 4.78 is 5.40. The van der Waals surface area contributed by atoms with Crippen molar-refractivity contribution in [2.24, 2.45) is 0 Å². The van der Waals surface area contributed by atoms with Crippen LogP contribution in [-0.2, 0) is 0 Å². The van der Waals surface area contributed by atoms with Crippen LogP contribution < -0.4 is 10.1 Å². The SMILES string of the molecule is COc1ccccc1[C@H](C)NC(C)c1ccsc1. The molecule has 1 N–H and O–H groups in total. The maximum atomic E-state index is 5.40. The molecule has 3 heteroatoms. The lowest BCUT2D eigenvalue weighted by molar-refractivity contribution is 0.396. The third kappa shape index (κ3) is 2.92. The molecule has 18 heavy (non-hydrogen) atoms. The Morgan fingerprint density at radius 3 is 2.56 bits per heavy atom. The van der Waals surface area contributed by atoms with Crippen LogP contribution in [0.25, 0.3) is 0 Å². The summed E-state index contributed by atoms with van der Waals surface area (Å²) in [4.78, 5) is 0. The van der Waals surface area contributed by atoms with Crippen LogP contribution in [0, 0.1) is 0 Å². The van der Waals surface area contributed by atoms with Crippen molar-refractivity contribution in [3.63, 3.8) is 0 Å². The first-order valence-corrected chi connectivity index (χ1v) is 7.07. The highest BCUT2D eigenvalue weighted by Gasteiger charge is 2.14.